The van der Waals surface area contributed by atoms with E-state index in [4.69, 9.17) is 4.42 Å². The van der Waals surface area contributed by atoms with E-state index in [1.807, 2.05) is 6.07 Å². The average molecular weight is 545 g/mol. The first kappa shape index (κ1) is 23.0. The van der Waals surface area contributed by atoms with Gasteiger partial charge in [0, 0.05) is 21.9 Å². The number of para-hydroxylation sites is 2. The summed E-state index contributed by atoms with van der Waals surface area (Å²) in [6.07, 6.45) is 0. The Morgan fingerprint density at radius 3 is 1.51 bits per heavy atom. The summed E-state index contributed by atoms with van der Waals surface area (Å²) >= 11 is 0. The Morgan fingerprint density at radius 2 is 0.814 bits per heavy atom. The zero-order valence-corrected chi connectivity index (χ0v) is 23.3. The van der Waals surface area contributed by atoms with Crippen LogP contribution in [0, 0.1) is 0 Å². The van der Waals surface area contributed by atoms with Gasteiger partial charge in [-0.2, -0.15) is 0 Å². The predicted octanol–water partition coefficient (Wildman–Crippen LogP) is 12.1. The molecule has 0 saturated heterocycles. The number of rotatable bonds is 2. The molecule has 0 radical (unpaired) electrons. The highest BCUT2D eigenvalue weighted by molar-refractivity contribution is 6.30. The van der Waals surface area contributed by atoms with Crippen molar-refractivity contribution in [3.05, 3.63) is 146 Å². The molecule has 0 unspecified atom stereocenters. The molecule has 0 bridgehead atoms. The highest BCUT2D eigenvalue weighted by Crippen LogP contribution is 2.48. The molecule has 0 N–H and O–H groups in total. The molecule has 0 spiro atoms. The van der Waals surface area contributed by atoms with Crippen molar-refractivity contribution in [1.29, 1.82) is 0 Å². The number of hydrogen-bond acceptors (Lipinski definition) is 1. The van der Waals surface area contributed by atoms with Crippen molar-refractivity contribution in [1.82, 2.24) is 0 Å². The van der Waals surface area contributed by atoms with Crippen LogP contribution in [0.3, 0.4) is 0 Å². The van der Waals surface area contributed by atoms with Crippen LogP contribution >= 0.6 is 0 Å². The fourth-order valence-corrected chi connectivity index (χ4v) is 7.61. The van der Waals surface area contributed by atoms with E-state index in [2.05, 4.69) is 140 Å². The van der Waals surface area contributed by atoms with Crippen LogP contribution in [0.1, 0.15) is 0 Å². The van der Waals surface area contributed by atoms with E-state index in [9.17, 15) is 0 Å². The molecule has 43 heavy (non-hydrogen) atoms. The van der Waals surface area contributed by atoms with Crippen molar-refractivity contribution in [2.24, 2.45) is 0 Å². The Kier molecular flexibility index (Phi) is 4.51. The zero-order chi connectivity index (χ0) is 28.1. The summed E-state index contributed by atoms with van der Waals surface area (Å²) < 4.78 is 6.57. The largest absolute Gasteiger partial charge is 0.455 e. The summed E-state index contributed by atoms with van der Waals surface area (Å²) in [5, 5.41) is 15.1. The maximum Gasteiger partial charge on any atom is 0.143 e. The van der Waals surface area contributed by atoms with E-state index in [0.29, 0.717) is 0 Å². The van der Waals surface area contributed by atoms with Crippen LogP contribution in [-0.4, -0.2) is 0 Å². The van der Waals surface area contributed by atoms with Gasteiger partial charge in [0.25, 0.3) is 0 Å². The van der Waals surface area contributed by atoms with Crippen LogP contribution in [-0.2, 0) is 0 Å². The normalized spacial score (nSPS) is 12.2. The lowest BCUT2D eigenvalue weighted by molar-refractivity contribution is 0.670. The Hall–Kier alpha value is -5.66. The highest BCUT2D eigenvalue weighted by Gasteiger charge is 2.21. The van der Waals surface area contributed by atoms with Gasteiger partial charge in [0.1, 0.15) is 11.2 Å². The quantitative estimate of drug-likeness (QED) is 0.156. The van der Waals surface area contributed by atoms with Gasteiger partial charge in [-0.15, -0.1) is 0 Å². The van der Waals surface area contributed by atoms with Crippen LogP contribution in [0.25, 0.3) is 98.1 Å². The van der Waals surface area contributed by atoms with Gasteiger partial charge < -0.3 is 4.42 Å². The molecule has 1 heteroatoms. The van der Waals surface area contributed by atoms with Crippen molar-refractivity contribution in [2.75, 3.05) is 0 Å². The third-order valence-electron chi connectivity index (χ3n) is 9.40. The molecule has 198 valence electrons. The van der Waals surface area contributed by atoms with Crippen LogP contribution in [0.5, 0.6) is 0 Å². The second kappa shape index (κ2) is 8.44. The van der Waals surface area contributed by atoms with Gasteiger partial charge in [0.05, 0.1) is 0 Å². The minimum atomic E-state index is 0.920. The first-order valence-corrected chi connectivity index (χ1v) is 14.9. The van der Waals surface area contributed by atoms with Gasteiger partial charge in [0.15, 0.2) is 0 Å². The standard InChI is InChI=1S/C42H24O/c1-3-14-31-29(12-1)40(34-24-22-27-20-19-25-9-7-10-26-21-23-33(34)39(27)38(25)26)30-13-2-4-15-32(30)41(31)36-17-8-16-35-28-11-5-6-18-37(28)43-42(35)36/h1-24H. The molecule has 1 nitrogen and oxygen atoms in total. The van der Waals surface area contributed by atoms with Crippen molar-refractivity contribution < 1.29 is 4.42 Å². The summed E-state index contributed by atoms with van der Waals surface area (Å²) in [5.41, 5.74) is 6.76. The van der Waals surface area contributed by atoms with E-state index in [-0.39, 0.29) is 0 Å². The summed E-state index contributed by atoms with van der Waals surface area (Å²) in [7, 11) is 0. The van der Waals surface area contributed by atoms with Crippen LogP contribution in [0.15, 0.2) is 150 Å². The molecule has 0 saturated carbocycles. The van der Waals surface area contributed by atoms with Crippen molar-refractivity contribution in [3.63, 3.8) is 0 Å². The molecule has 0 aliphatic rings. The summed E-state index contributed by atoms with van der Waals surface area (Å²) in [6, 6.07) is 53.1. The van der Waals surface area contributed by atoms with Crippen LogP contribution in [0.2, 0.25) is 0 Å². The molecule has 0 fully saturated rings. The fourth-order valence-electron chi connectivity index (χ4n) is 7.61. The number of hydrogen-bond donors (Lipinski definition) is 0. The predicted molar refractivity (Wildman–Crippen MR) is 183 cm³/mol. The highest BCUT2D eigenvalue weighted by atomic mass is 16.3. The van der Waals surface area contributed by atoms with Gasteiger partial charge in [0.2, 0.25) is 0 Å². The first-order chi connectivity index (χ1) is 21.3. The lowest BCUT2D eigenvalue weighted by Crippen LogP contribution is -1.92. The Bertz CT molecular complexity index is 2650. The summed E-state index contributed by atoms with van der Waals surface area (Å²) in [6.45, 7) is 0. The molecular formula is C42H24O. The van der Waals surface area contributed by atoms with Crippen LogP contribution in [0.4, 0.5) is 0 Å². The van der Waals surface area contributed by atoms with Crippen molar-refractivity contribution >= 4 is 75.8 Å². The van der Waals surface area contributed by atoms with Gasteiger partial charge in [-0.05, 0) is 71.1 Å². The van der Waals surface area contributed by atoms with E-state index < -0.39 is 0 Å². The third kappa shape index (κ3) is 3.06. The van der Waals surface area contributed by atoms with Crippen LogP contribution < -0.4 is 0 Å². The summed E-state index contributed by atoms with van der Waals surface area (Å²) in [5.74, 6) is 0. The van der Waals surface area contributed by atoms with E-state index >= 15 is 0 Å². The second-order valence-electron chi connectivity index (χ2n) is 11.6. The van der Waals surface area contributed by atoms with Gasteiger partial charge in [-0.1, -0.05) is 140 Å². The van der Waals surface area contributed by atoms with E-state index in [1.54, 1.807) is 0 Å². The minimum Gasteiger partial charge on any atom is -0.455 e. The SMILES string of the molecule is c1cc2ccc3ccc(-c4c5ccccc5c(-c5cccc6c5oc5ccccc56)c5ccccc45)c4ccc(c1)c2c34. The topological polar surface area (TPSA) is 13.1 Å². The fraction of sp³-hybridized carbons (Fsp3) is 0. The van der Waals surface area contributed by atoms with Crippen molar-refractivity contribution in [2.45, 2.75) is 0 Å². The molecule has 0 atom stereocenters. The Labute approximate surface area is 247 Å². The van der Waals surface area contributed by atoms with Gasteiger partial charge in [-0.3, -0.25) is 0 Å². The maximum atomic E-state index is 6.57. The molecule has 9 aromatic carbocycles. The molecule has 1 aromatic heterocycles. The first-order valence-electron chi connectivity index (χ1n) is 14.9. The molecule has 0 aliphatic heterocycles. The third-order valence-corrected chi connectivity index (χ3v) is 9.40. The molecular weight excluding hydrogens is 520 g/mol. The minimum absolute atomic E-state index is 0.920. The van der Waals surface area contributed by atoms with Gasteiger partial charge in [-0.25, -0.2) is 0 Å². The number of benzene rings is 9. The molecule has 10 aromatic rings. The Balaban J connectivity index is 1.38. The lowest BCUT2D eigenvalue weighted by Gasteiger charge is -2.20. The lowest BCUT2D eigenvalue weighted by atomic mass is 9.83. The second-order valence-corrected chi connectivity index (χ2v) is 11.6. The number of fused-ring (bicyclic) bond motifs is 5. The molecule has 10 rings (SSSR count). The smallest absolute Gasteiger partial charge is 0.143 e. The van der Waals surface area contributed by atoms with E-state index in [1.165, 1.54) is 70.6 Å². The monoisotopic (exact) mass is 544 g/mol. The maximum absolute atomic E-state index is 6.57. The van der Waals surface area contributed by atoms with Crippen molar-refractivity contribution in [3.8, 4) is 22.3 Å². The number of furan rings is 1. The van der Waals surface area contributed by atoms with E-state index in [0.717, 1.165) is 27.5 Å². The molecule has 0 aliphatic carbocycles. The Morgan fingerprint density at radius 1 is 0.302 bits per heavy atom. The average Bonchev–Trinajstić information content (AvgIpc) is 3.45. The summed E-state index contributed by atoms with van der Waals surface area (Å²) in [4.78, 5) is 0. The van der Waals surface area contributed by atoms with Gasteiger partial charge >= 0.3 is 0 Å². The molecule has 0 amide bonds. The zero-order valence-electron chi connectivity index (χ0n) is 23.3. The molecule has 1 heterocycles.